The first-order valence-electron chi connectivity index (χ1n) is 8.27. The Morgan fingerprint density at radius 3 is 2.68 bits per heavy atom. The molecule has 2 rings (SSSR count). The number of morpholine rings is 1. The smallest absolute Gasteiger partial charge is 0.315 e. The van der Waals surface area contributed by atoms with Gasteiger partial charge in [0.1, 0.15) is 12.4 Å². The number of halogens is 3. The van der Waals surface area contributed by atoms with Crippen LogP contribution in [0.25, 0.3) is 5.73 Å². The summed E-state index contributed by atoms with van der Waals surface area (Å²) in [6.07, 6.45) is -2.76. The summed E-state index contributed by atoms with van der Waals surface area (Å²) in [5, 5.41) is 6.26. The molecule has 1 aromatic rings. The lowest BCUT2D eigenvalue weighted by atomic mass is 10.2. The first-order chi connectivity index (χ1) is 13.3. The standard InChI is InChI=1S/C16H19F3N5O4/c17-10-5-9(1-2-12(10)24-3-4-28-8-14(24)25)22-15(26)11(6-20)23-16(27)21-7-13(18)19/h1-2,5,11,13,20H,3-4,6-8H2,(H,22,26)(H2,21,23,27)/q-1/t11-/m1/s1. The number of alkyl halides is 2. The zero-order chi connectivity index (χ0) is 20.7. The molecule has 4 amide bonds. The van der Waals surface area contributed by atoms with Crippen LogP contribution < -0.4 is 20.9 Å². The van der Waals surface area contributed by atoms with Crippen LogP contribution in [0.2, 0.25) is 0 Å². The summed E-state index contributed by atoms with van der Waals surface area (Å²) in [7, 11) is 0. The summed E-state index contributed by atoms with van der Waals surface area (Å²) < 4.78 is 43.5. The van der Waals surface area contributed by atoms with E-state index in [1.807, 2.05) is 5.32 Å². The largest absolute Gasteiger partial charge is 0.675 e. The molecule has 154 valence electrons. The van der Waals surface area contributed by atoms with Gasteiger partial charge in [0.05, 0.1) is 24.9 Å². The van der Waals surface area contributed by atoms with Gasteiger partial charge in [-0.15, -0.1) is 6.54 Å². The lowest BCUT2D eigenvalue weighted by Gasteiger charge is -2.27. The fourth-order valence-corrected chi connectivity index (χ4v) is 2.39. The minimum absolute atomic E-state index is 0.0350. The van der Waals surface area contributed by atoms with E-state index < -0.39 is 49.2 Å². The van der Waals surface area contributed by atoms with Gasteiger partial charge in [0.25, 0.3) is 12.3 Å². The second-order valence-electron chi connectivity index (χ2n) is 5.76. The van der Waals surface area contributed by atoms with Gasteiger partial charge in [-0.1, -0.05) is 0 Å². The Morgan fingerprint density at radius 1 is 1.32 bits per heavy atom. The van der Waals surface area contributed by atoms with Crippen LogP contribution in [0.5, 0.6) is 0 Å². The van der Waals surface area contributed by atoms with E-state index in [2.05, 4.69) is 10.6 Å². The first kappa shape index (κ1) is 21.4. The van der Waals surface area contributed by atoms with Crippen molar-refractivity contribution in [2.45, 2.75) is 12.5 Å². The first-order valence-corrected chi connectivity index (χ1v) is 8.27. The molecule has 4 N–H and O–H groups in total. The third-order valence-corrected chi connectivity index (χ3v) is 3.73. The highest BCUT2D eigenvalue weighted by Crippen LogP contribution is 2.24. The van der Waals surface area contributed by atoms with Crippen molar-refractivity contribution in [1.29, 1.82) is 0 Å². The molecule has 0 bridgehead atoms. The van der Waals surface area contributed by atoms with Crippen molar-refractivity contribution in [1.82, 2.24) is 10.6 Å². The lowest BCUT2D eigenvalue weighted by Crippen LogP contribution is -2.50. The van der Waals surface area contributed by atoms with E-state index >= 15 is 0 Å². The van der Waals surface area contributed by atoms with Gasteiger partial charge < -0.3 is 31.3 Å². The van der Waals surface area contributed by atoms with Gasteiger partial charge in [-0.25, -0.2) is 18.0 Å². The van der Waals surface area contributed by atoms with Crippen molar-refractivity contribution in [2.24, 2.45) is 0 Å². The molecule has 1 aliphatic rings. The van der Waals surface area contributed by atoms with E-state index in [1.165, 1.54) is 17.0 Å². The predicted octanol–water partition coefficient (Wildman–Crippen LogP) is 1.11. The summed E-state index contributed by atoms with van der Waals surface area (Å²) in [5.74, 6) is -1.97. The van der Waals surface area contributed by atoms with Crippen LogP contribution in [0.4, 0.5) is 29.3 Å². The third kappa shape index (κ3) is 5.82. The van der Waals surface area contributed by atoms with Crippen molar-refractivity contribution in [3.63, 3.8) is 0 Å². The second kappa shape index (κ2) is 9.90. The quantitative estimate of drug-likeness (QED) is 0.632. The lowest BCUT2D eigenvalue weighted by molar-refractivity contribution is -0.125. The summed E-state index contributed by atoms with van der Waals surface area (Å²) in [6, 6.07) is 1.30. The van der Waals surface area contributed by atoms with Crippen LogP contribution in [0, 0.1) is 5.82 Å². The summed E-state index contributed by atoms with van der Waals surface area (Å²) in [5.41, 5.74) is 7.39. The SMILES string of the molecule is [NH-]C[C@@H](NC(=O)NCC(F)F)C(=O)Nc1ccc(N2CCOCC2=O)c(F)c1. The van der Waals surface area contributed by atoms with Gasteiger partial charge in [-0.3, -0.25) is 9.59 Å². The van der Waals surface area contributed by atoms with Gasteiger partial charge in [-0.05, 0) is 18.2 Å². The van der Waals surface area contributed by atoms with Crippen LogP contribution in [-0.4, -0.2) is 63.2 Å². The fraction of sp³-hybridized carbons (Fsp3) is 0.438. The molecule has 1 atom stereocenters. The Bertz CT molecular complexity index is 734. The van der Waals surface area contributed by atoms with Crippen molar-refractivity contribution in [3.8, 4) is 0 Å². The minimum atomic E-state index is -2.76. The number of hydrogen-bond acceptors (Lipinski definition) is 4. The zero-order valence-corrected chi connectivity index (χ0v) is 14.6. The van der Waals surface area contributed by atoms with Gasteiger partial charge >= 0.3 is 6.03 Å². The number of nitrogens with zero attached hydrogens (tertiary/aromatic N) is 1. The fourth-order valence-electron chi connectivity index (χ4n) is 2.39. The number of amides is 4. The highest BCUT2D eigenvalue weighted by molar-refractivity contribution is 5.98. The molecule has 12 heteroatoms. The van der Waals surface area contributed by atoms with Crippen molar-refractivity contribution < 1.29 is 32.3 Å². The molecule has 0 spiro atoms. The number of anilines is 2. The van der Waals surface area contributed by atoms with E-state index in [0.29, 0.717) is 0 Å². The predicted molar refractivity (Wildman–Crippen MR) is 93.7 cm³/mol. The number of ether oxygens (including phenoxy) is 1. The maximum atomic E-state index is 14.4. The molecule has 0 aliphatic carbocycles. The van der Waals surface area contributed by atoms with E-state index in [-0.39, 0.29) is 31.1 Å². The Balaban J connectivity index is 1.99. The molecular formula is C16H19F3N5O4-. The molecule has 0 aromatic heterocycles. The maximum Gasteiger partial charge on any atom is 0.315 e. The van der Waals surface area contributed by atoms with Crippen LogP contribution in [-0.2, 0) is 14.3 Å². The molecule has 9 nitrogen and oxygen atoms in total. The summed E-state index contributed by atoms with van der Waals surface area (Å²) in [6.45, 7) is -1.14. The Morgan fingerprint density at radius 2 is 2.07 bits per heavy atom. The van der Waals surface area contributed by atoms with Crippen LogP contribution in [0.15, 0.2) is 18.2 Å². The summed E-state index contributed by atoms with van der Waals surface area (Å²) >= 11 is 0. The number of hydrogen-bond donors (Lipinski definition) is 3. The summed E-state index contributed by atoms with van der Waals surface area (Å²) in [4.78, 5) is 36.6. The second-order valence-corrected chi connectivity index (χ2v) is 5.76. The normalized spacial score (nSPS) is 15.3. The highest BCUT2D eigenvalue weighted by Gasteiger charge is 2.23. The van der Waals surface area contributed by atoms with Crippen molar-refractivity contribution in [2.75, 3.05) is 43.1 Å². The Hall–Kier alpha value is -2.86. The van der Waals surface area contributed by atoms with Crippen molar-refractivity contribution in [3.05, 3.63) is 29.7 Å². The van der Waals surface area contributed by atoms with Crippen molar-refractivity contribution >= 4 is 29.2 Å². The molecule has 1 aromatic carbocycles. The average molecular weight is 402 g/mol. The molecule has 1 saturated heterocycles. The average Bonchev–Trinajstić information content (AvgIpc) is 2.65. The zero-order valence-electron chi connectivity index (χ0n) is 14.6. The topological polar surface area (TPSA) is 124 Å². The Kier molecular flexibility index (Phi) is 7.58. The molecule has 1 fully saturated rings. The number of carbonyl (C=O) groups is 3. The van der Waals surface area contributed by atoms with Crippen LogP contribution in [0.3, 0.4) is 0 Å². The van der Waals surface area contributed by atoms with E-state index in [9.17, 15) is 27.6 Å². The van der Waals surface area contributed by atoms with Gasteiger partial charge in [0.2, 0.25) is 5.91 Å². The van der Waals surface area contributed by atoms with E-state index in [4.69, 9.17) is 10.5 Å². The number of carbonyl (C=O) groups excluding carboxylic acids is 3. The minimum Gasteiger partial charge on any atom is -0.675 e. The van der Waals surface area contributed by atoms with Gasteiger partial charge in [0.15, 0.2) is 0 Å². The number of benzene rings is 1. The molecule has 28 heavy (non-hydrogen) atoms. The number of nitrogens with one attached hydrogen (secondary N) is 4. The maximum absolute atomic E-state index is 14.4. The third-order valence-electron chi connectivity index (χ3n) is 3.73. The van der Waals surface area contributed by atoms with Gasteiger partial charge in [0, 0.05) is 12.2 Å². The van der Waals surface area contributed by atoms with E-state index in [1.54, 1.807) is 0 Å². The number of urea groups is 1. The molecular weight excluding hydrogens is 383 g/mol. The molecule has 0 unspecified atom stereocenters. The molecule has 0 saturated carbocycles. The molecule has 1 aliphatic heterocycles. The monoisotopic (exact) mass is 402 g/mol. The number of rotatable bonds is 7. The highest BCUT2D eigenvalue weighted by atomic mass is 19.3. The van der Waals surface area contributed by atoms with E-state index in [0.717, 1.165) is 6.07 Å². The van der Waals surface area contributed by atoms with Crippen LogP contribution >= 0.6 is 0 Å². The molecule has 1 heterocycles. The molecule has 0 radical (unpaired) electrons. The Labute approximate surface area is 158 Å². The van der Waals surface area contributed by atoms with Gasteiger partial charge in [-0.2, -0.15) is 0 Å². The van der Waals surface area contributed by atoms with Crippen LogP contribution in [0.1, 0.15) is 0 Å².